The van der Waals surface area contributed by atoms with Crippen LogP contribution in [-0.4, -0.2) is 47.8 Å². The van der Waals surface area contributed by atoms with Crippen LogP contribution in [0.1, 0.15) is 15.9 Å². The van der Waals surface area contributed by atoms with E-state index in [1.165, 1.54) is 0 Å². The van der Waals surface area contributed by atoms with Crippen LogP contribution < -0.4 is 15.4 Å². The molecular formula is C24H25N5O3. The number of nitrogens with one attached hydrogen (secondary N) is 2. The van der Waals surface area contributed by atoms with E-state index in [4.69, 9.17) is 9.47 Å². The molecule has 2 aromatic heterocycles. The van der Waals surface area contributed by atoms with Gasteiger partial charge in [-0.15, -0.1) is 5.10 Å². The van der Waals surface area contributed by atoms with Gasteiger partial charge in [-0.05, 0) is 36.8 Å². The van der Waals surface area contributed by atoms with Gasteiger partial charge >= 0.3 is 0 Å². The zero-order valence-corrected chi connectivity index (χ0v) is 18.3. The SMILES string of the molecule is CNC(=O)c1ccc(-c2cnc3c(NCCOC)cc(Oc4ccccc4)nn23)cc1C. The summed E-state index contributed by atoms with van der Waals surface area (Å²) in [6.07, 6.45) is 1.77. The average Bonchev–Trinajstić information content (AvgIpc) is 3.23. The van der Waals surface area contributed by atoms with Crippen molar-refractivity contribution in [1.29, 1.82) is 0 Å². The van der Waals surface area contributed by atoms with Crippen molar-refractivity contribution in [3.05, 3.63) is 71.9 Å². The van der Waals surface area contributed by atoms with Gasteiger partial charge in [0, 0.05) is 37.9 Å². The number of amides is 1. The first-order chi connectivity index (χ1) is 15.6. The van der Waals surface area contributed by atoms with E-state index in [-0.39, 0.29) is 5.91 Å². The molecule has 0 radical (unpaired) electrons. The molecule has 0 aliphatic heterocycles. The van der Waals surface area contributed by atoms with Crippen LogP contribution >= 0.6 is 0 Å². The standard InChI is InChI=1S/C24H25N5O3/c1-16-13-17(9-10-19(16)24(30)25-2)21-15-27-23-20(26-11-12-31-3)14-22(28-29(21)23)32-18-7-5-4-6-8-18/h4-10,13-15,26H,11-12H2,1-3H3,(H,25,30). The van der Waals surface area contributed by atoms with E-state index < -0.39 is 0 Å². The minimum absolute atomic E-state index is 0.117. The second-order valence-electron chi connectivity index (χ2n) is 7.22. The van der Waals surface area contributed by atoms with Crippen LogP contribution in [0, 0.1) is 6.92 Å². The Kier molecular flexibility index (Phi) is 6.32. The highest BCUT2D eigenvalue weighted by Gasteiger charge is 2.16. The second-order valence-corrected chi connectivity index (χ2v) is 7.22. The van der Waals surface area contributed by atoms with Gasteiger partial charge in [0.25, 0.3) is 5.91 Å². The Morgan fingerprint density at radius 1 is 1.12 bits per heavy atom. The molecule has 2 aromatic carbocycles. The second kappa shape index (κ2) is 9.49. The van der Waals surface area contributed by atoms with Crippen LogP contribution in [0.25, 0.3) is 16.9 Å². The van der Waals surface area contributed by atoms with Crippen LogP contribution in [0.5, 0.6) is 11.6 Å². The summed E-state index contributed by atoms with van der Waals surface area (Å²) in [4.78, 5) is 16.6. The van der Waals surface area contributed by atoms with Crippen LogP contribution in [0.4, 0.5) is 5.69 Å². The first kappa shape index (κ1) is 21.3. The molecule has 2 N–H and O–H groups in total. The molecule has 4 rings (SSSR count). The molecule has 2 heterocycles. The Morgan fingerprint density at radius 3 is 2.66 bits per heavy atom. The summed E-state index contributed by atoms with van der Waals surface area (Å²) in [7, 11) is 3.28. The number of carbonyl (C=O) groups excluding carboxylic acids is 1. The number of fused-ring (bicyclic) bond motifs is 1. The van der Waals surface area contributed by atoms with Crippen molar-refractivity contribution in [2.75, 3.05) is 32.6 Å². The van der Waals surface area contributed by atoms with Crippen LogP contribution in [0.15, 0.2) is 60.8 Å². The maximum atomic E-state index is 12.1. The van der Waals surface area contributed by atoms with E-state index in [0.29, 0.717) is 36.0 Å². The monoisotopic (exact) mass is 431 g/mol. The van der Waals surface area contributed by atoms with Gasteiger partial charge in [0.15, 0.2) is 5.65 Å². The average molecular weight is 431 g/mol. The van der Waals surface area contributed by atoms with Gasteiger partial charge in [-0.2, -0.15) is 0 Å². The summed E-state index contributed by atoms with van der Waals surface area (Å²) in [5.41, 5.74) is 4.65. The predicted molar refractivity (Wildman–Crippen MR) is 123 cm³/mol. The number of hydrogen-bond donors (Lipinski definition) is 2. The number of aromatic nitrogens is 3. The number of nitrogens with zero attached hydrogens (tertiary/aromatic N) is 3. The maximum Gasteiger partial charge on any atom is 0.251 e. The number of rotatable bonds is 8. The fraction of sp³-hybridized carbons (Fsp3) is 0.208. The van der Waals surface area contributed by atoms with Crippen molar-refractivity contribution in [3.8, 4) is 22.9 Å². The number of anilines is 1. The normalized spacial score (nSPS) is 10.8. The molecular weight excluding hydrogens is 406 g/mol. The van der Waals surface area contributed by atoms with E-state index in [1.54, 1.807) is 24.9 Å². The Hall–Kier alpha value is -3.91. The number of para-hydroxylation sites is 1. The third-order valence-corrected chi connectivity index (χ3v) is 5.03. The Bertz CT molecular complexity index is 1240. The van der Waals surface area contributed by atoms with E-state index in [1.807, 2.05) is 61.5 Å². The van der Waals surface area contributed by atoms with Gasteiger partial charge in [0.1, 0.15) is 5.75 Å². The summed E-state index contributed by atoms with van der Waals surface area (Å²) in [5.74, 6) is 1.00. The fourth-order valence-corrected chi connectivity index (χ4v) is 3.43. The van der Waals surface area contributed by atoms with Crippen molar-refractivity contribution < 1.29 is 14.3 Å². The van der Waals surface area contributed by atoms with Crippen molar-refractivity contribution in [1.82, 2.24) is 19.9 Å². The number of benzene rings is 2. The highest BCUT2D eigenvalue weighted by Crippen LogP contribution is 2.29. The first-order valence-electron chi connectivity index (χ1n) is 10.3. The van der Waals surface area contributed by atoms with Crippen molar-refractivity contribution in [2.24, 2.45) is 0 Å². The van der Waals surface area contributed by atoms with E-state index in [0.717, 1.165) is 22.5 Å². The highest BCUT2D eigenvalue weighted by atomic mass is 16.5. The van der Waals surface area contributed by atoms with E-state index in [2.05, 4.69) is 20.7 Å². The molecule has 0 atom stereocenters. The van der Waals surface area contributed by atoms with Crippen molar-refractivity contribution in [2.45, 2.75) is 6.92 Å². The summed E-state index contributed by atoms with van der Waals surface area (Å²) in [5, 5.41) is 10.7. The lowest BCUT2D eigenvalue weighted by Gasteiger charge is -2.12. The molecule has 0 spiro atoms. The fourth-order valence-electron chi connectivity index (χ4n) is 3.43. The molecule has 0 aliphatic carbocycles. The number of imidazole rings is 1. The zero-order valence-electron chi connectivity index (χ0n) is 18.3. The number of ether oxygens (including phenoxy) is 2. The molecule has 164 valence electrons. The lowest BCUT2D eigenvalue weighted by atomic mass is 10.0. The quantitative estimate of drug-likeness (QED) is 0.411. The molecule has 0 bridgehead atoms. The largest absolute Gasteiger partial charge is 0.438 e. The first-order valence-corrected chi connectivity index (χ1v) is 10.3. The van der Waals surface area contributed by atoms with E-state index in [9.17, 15) is 4.79 Å². The van der Waals surface area contributed by atoms with Gasteiger partial charge in [0.05, 0.1) is 24.2 Å². The summed E-state index contributed by atoms with van der Waals surface area (Å²) in [6.45, 7) is 3.08. The lowest BCUT2D eigenvalue weighted by molar-refractivity contribution is 0.0962. The van der Waals surface area contributed by atoms with Gasteiger partial charge in [-0.1, -0.05) is 24.3 Å². The molecule has 0 saturated carbocycles. The van der Waals surface area contributed by atoms with Crippen LogP contribution in [0.2, 0.25) is 0 Å². The molecule has 8 nitrogen and oxygen atoms in total. The highest BCUT2D eigenvalue weighted by molar-refractivity contribution is 5.96. The van der Waals surface area contributed by atoms with Gasteiger partial charge < -0.3 is 20.1 Å². The molecule has 8 heteroatoms. The third kappa shape index (κ3) is 4.40. The van der Waals surface area contributed by atoms with E-state index >= 15 is 0 Å². The Morgan fingerprint density at radius 2 is 1.94 bits per heavy atom. The van der Waals surface area contributed by atoms with Gasteiger partial charge in [-0.3, -0.25) is 4.79 Å². The number of carbonyl (C=O) groups is 1. The Labute approximate surface area is 186 Å². The number of hydrogen-bond acceptors (Lipinski definition) is 6. The molecule has 4 aromatic rings. The van der Waals surface area contributed by atoms with Crippen molar-refractivity contribution >= 4 is 17.2 Å². The van der Waals surface area contributed by atoms with Crippen molar-refractivity contribution in [3.63, 3.8) is 0 Å². The molecule has 1 amide bonds. The molecule has 0 unspecified atom stereocenters. The zero-order chi connectivity index (χ0) is 22.5. The molecule has 0 saturated heterocycles. The van der Waals surface area contributed by atoms with Gasteiger partial charge in [-0.25, -0.2) is 9.50 Å². The number of aryl methyl sites for hydroxylation is 1. The van der Waals surface area contributed by atoms with Crippen LogP contribution in [0.3, 0.4) is 0 Å². The maximum absolute atomic E-state index is 12.1. The number of methoxy groups -OCH3 is 1. The Balaban J connectivity index is 1.78. The minimum atomic E-state index is -0.117. The summed E-state index contributed by atoms with van der Waals surface area (Å²) < 4.78 is 12.9. The molecule has 32 heavy (non-hydrogen) atoms. The topological polar surface area (TPSA) is 89.8 Å². The van der Waals surface area contributed by atoms with Gasteiger partial charge in [0.2, 0.25) is 5.88 Å². The molecule has 0 fully saturated rings. The molecule has 0 aliphatic rings. The minimum Gasteiger partial charge on any atom is -0.438 e. The smallest absolute Gasteiger partial charge is 0.251 e. The third-order valence-electron chi connectivity index (χ3n) is 5.03. The summed E-state index contributed by atoms with van der Waals surface area (Å²) >= 11 is 0. The summed E-state index contributed by atoms with van der Waals surface area (Å²) in [6, 6.07) is 17.0. The predicted octanol–water partition coefficient (Wildman–Crippen LogP) is 3.91. The van der Waals surface area contributed by atoms with Crippen LogP contribution in [-0.2, 0) is 4.74 Å². The lowest BCUT2D eigenvalue weighted by Crippen LogP contribution is -2.18.